The molecule has 0 heterocycles. The van der Waals surface area contributed by atoms with Crippen LogP contribution in [0.4, 0.5) is 4.39 Å². The van der Waals surface area contributed by atoms with Crippen molar-refractivity contribution in [2.75, 3.05) is 0 Å². The topological polar surface area (TPSA) is 78.9 Å². The second-order valence-electron chi connectivity index (χ2n) is 11.1. The highest BCUT2D eigenvalue weighted by molar-refractivity contribution is 5.92. The van der Waals surface area contributed by atoms with Gasteiger partial charge in [-0.1, -0.05) is 96.4 Å². The maximum Gasteiger partial charge on any atom is 0.343 e. The van der Waals surface area contributed by atoms with E-state index in [-0.39, 0.29) is 28.9 Å². The van der Waals surface area contributed by atoms with Crippen LogP contribution in [0.5, 0.6) is 11.5 Å². The van der Waals surface area contributed by atoms with Crippen molar-refractivity contribution in [3.05, 3.63) is 83.7 Å². The van der Waals surface area contributed by atoms with Crippen molar-refractivity contribution in [3.8, 4) is 22.6 Å². The monoisotopic (exact) mass is 604 g/mol. The fourth-order valence-corrected chi connectivity index (χ4v) is 4.93. The molecule has 0 aliphatic heterocycles. The molecule has 3 aromatic carbocycles. The van der Waals surface area contributed by atoms with Gasteiger partial charge in [0.25, 0.3) is 0 Å². The first kappa shape index (κ1) is 34.5. The Balaban J connectivity index is 1.50. The van der Waals surface area contributed by atoms with Crippen LogP contribution in [-0.4, -0.2) is 24.0 Å². The van der Waals surface area contributed by atoms with Gasteiger partial charge >= 0.3 is 17.9 Å². The molecule has 236 valence electrons. The van der Waals surface area contributed by atoms with Crippen LogP contribution in [0.1, 0.15) is 119 Å². The molecule has 3 rings (SSSR count). The Morgan fingerprint density at radius 3 is 1.80 bits per heavy atom. The molecule has 0 amide bonds. The molecule has 0 unspecified atom stereocenters. The van der Waals surface area contributed by atoms with Gasteiger partial charge in [-0.25, -0.2) is 14.0 Å². The number of ether oxygens (including phenoxy) is 3. The summed E-state index contributed by atoms with van der Waals surface area (Å²) in [5, 5.41) is 0. The van der Waals surface area contributed by atoms with E-state index < -0.39 is 17.8 Å². The average molecular weight is 605 g/mol. The normalized spacial score (nSPS) is 10.9. The maximum absolute atomic E-state index is 14.7. The average Bonchev–Trinajstić information content (AvgIpc) is 3.01. The minimum Gasteiger partial charge on any atom is -0.459 e. The zero-order valence-electron chi connectivity index (χ0n) is 26.2. The number of rotatable bonds is 18. The summed E-state index contributed by atoms with van der Waals surface area (Å²) >= 11 is 0. The predicted molar refractivity (Wildman–Crippen MR) is 171 cm³/mol. The fraction of sp³-hybridized carbons (Fsp3) is 0.432. The van der Waals surface area contributed by atoms with Gasteiger partial charge in [-0.3, -0.25) is 4.79 Å². The van der Waals surface area contributed by atoms with Crippen molar-refractivity contribution >= 4 is 17.9 Å². The van der Waals surface area contributed by atoms with E-state index in [1.807, 2.05) is 26.0 Å². The number of carbonyl (C=O) groups excluding carboxylic acids is 3. The Labute approximate surface area is 260 Å². The van der Waals surface area contributed by atoms with Crippen LogP contribution in [0, 0.1) is 5.82 Å². The van der Waals surface area contributed by atoms with Crippen LogP contribution < -0.4 is 9.47 Å². The highest BCUT2D eigenvalue weighted by Gasteiger charge is 2.20. The largest absolute Gasteiger partial charge is 0.459 e. The summed E-state index contributed by atoms with van der Waals surface area (Å²) in [4.78, 5) is 37.4. The van der Waals surface area contributed by atoms with Gasteiger partial charge in [0.05, 0.1) is 11.1 Å². The van der Waals surface area contributed by atoms with Gasteiger partial charge in [0.15, 0.2) is 0 Å². The Kier molecular flexibility index (Phi) is 14.6. The molecule has 0 aliphatic carbocycles. The summed E-state index contributed by atoms with van der Waals surface area (Å²) < 4.78 is 31.0. The molecule has 0 fully saturated rings. The molecule has 0 saturated carbocycles. The summed E-state index contributed by atoms with van der Waals surface area (Å²) in [6, 6.07) is 17.7. The number of unbranched alkanes of at least 4 members (excludes halogenated alkanes) is 6. The smallest absolute Gasteiger partial charge is 0.343 e. The fourth-order valence-electron chi connectivity index (χ4n) is 4.93. The van der Waals surface area contributed by atoms with E-state index in [0.717, 1.165) is 62.1 Å². The van der Waals surface area contributed by atoms with Crippen molar-refractivity contribution in [1.82, 2.24) is 0 Å². The van der Waals surface area contributed by atoms with Crippen molar-refractivity contribution in [2.45, 2.75) is 104 Å². The quantitative estimate of drug-likeness (QED) is 0.0817. The van der Waals surface area contributed by atoms with E-state index in [1.165, 1.54) is 37.8 Å². The highest BCUT2D eigenvalue weighted by Crippen LogP contribution is 2.25. The molecule has 0 saturated heterocycles. The van der Waals surface area contributed by atoms with E-state index in [4.69, 9.17) is 14.2 Å². The Morgan fingerprint density at radius 2 is 1.20 bits per heavy atom. The molecule has 0 aliphatic rings. The standard InChI is InChI=1S/C37H45FO6/c1-4-7-8-9-10-11-12-15-35(39)42-31-22-20-28(21-23-31)27-16-18-29(19-17-27)36(40)44-32-24-25-33(34(38)26-32)37(41)43-30(13-5-2)14-6-3/h16-26,30H,4-15H2,1-3H3. The van der Waals surface area contributed by atoms with Gasteiger partial charge < -0.3 is 14.2 Å². The molecule has 0 atom stereocenters. The van der Waals surface area contributed by atoms with E-state index in [2.05, 4.69) is 6.92 Å². The molecular formula is C37H45FO6. The summed E-state index contributed by atoms with van der Waals surface area (Å²) in [7, 11) is 0. The summed E-state index contributed by atoms with van der Waals surface area (Å²) in [5.41, 5.74) is 1.85. The molecule has 3 aromatic rings. The lowest BCUT2D eigenvalue weighted by Crippen LogP contribution is -2.19. The third-order valence-corrected chi connectivity index (χ3v) is 7.39. The van der Waals surface area contributed by atoms with E-state index in [0.29, 0.717) is 12.2 Å². The Bertz CT molecular complexity index is 1330. The molecule has 44 heavy (non-hydrogen) atoms. The van der Waals surface area contributed by atoms with Crippen LogP contribution in [0.25, 0.3) is 11.1 Å². The van der Waals surface area contributed by atoms with Crippen molar-refractivity contribution in [1.29, 1.82) is 0 Å². The lowest BCUT2D eigenvalue weighted by molar-refractivity contribution is -0.134. The minimum absolute atomic E-state index is 0.0103. The van der Waals surface area contributed by atoms with Crippen molar-refractivity contribution in [2.24, 2.45) is 0 Å². The number of hydrogen-bond acceptors (Lipinski definition) is 6. The zero-order chi connectivity index (χ0) is 31.7. The lowest BCUT2D eigenvalue weighted by atomic mass is 10.0. The van der Waals surface area contributed by atoms with Crippen molar-refractivity contribution < 1.29 is 33.0 Å². The van der Waals surface area contributed by atoms with Gasteiger partial charge in [0, 0.05) is 12.5 Å². The molecule has 0 bridgehead atoms. The van der Waals surface area contributed by atoms with Gasteiger partial charge in [0.1, 0.15) is 23.4 Å². The van der Waals surface area contributed by atoms with Gasteiger partial charge in [-0.15, -0.1) is 0 Å². The SMILES string of the molecule is CCCCCCCCCC(=O)Oc1ccc(-c2ccc(C(=O)Oc3ccc(C(=O)OC(CCC)CCC)c(F)c3)cc2)cc1. The summed E-state index contributed by atoms with van der Waals surface area (Å²) in [6.07, 6.45) is 11.3. The molecule has 0 aromatic heterocycles. The first-order chi connectivity index (χ1) is 21.3. The maximum atomic E-state index is 14.7. The molecule has 0 radical (unpaired) electrons. The summed E-state index contributed by atoms with van der Waals surface area (Å²) in [6.45, 7) is 6.21. The van der Waals surface area contributed by atoms with Gasteiger partial charge in [0.2, 0.25) is 0 Å². The Morgan fingerprint density at radius 1 is 0.636 bits per heavy atom. The van der Waals surface area contributed by atoms with Crippen LogP contribution in [0.2, 0.25) is 0 Å². The number of benzene rings is 3. The summed E-state index contributed by atoms with van der Waals surface area (Å²) in [5.74, 6) is -1.93. The second-order valence-corrected chi connectivity index (χ2v) is 11.1. The van der Waals surface area contributed by atoms with Crippen LogP contribution in [0.15, 0.2) is 66.7 Å². The molecule has 7 heteroatoms. The number of esters is 3. The van der Waals surface area contributed by atoms with Crippen LogP contribution >= 0.6 is 0 Å². The van der Waals surface area contributed by atoms with Gasteiger partial charge in [-0.2, -0.15) is 0 Å². The van der Waals surface area contributed by atoms with E-state index in [1.54, 1.807) is 36.4 Å². The first-order valence-corrected chi connectivity index (χ1v) is 16.0. The molecule has 0 spiro atoms. The number of carbonyl (C=O) groups is 3. The second kappa shape index (κ2) is 18.6. The number of hydrogen-bond donors (Lipinski definition) is 0. The predicted octanol–water partition coefficient (Wildman–Crippen LogP) is 9.88. The highest BCUT2D eigenvalue weighted by atomic mass is 19.1. The van der Waals surface area contributed by atoms with E-state index in [9.17, 15) is 18.8 Å². The molecule has 0 N–H and O–H groups in total. The lowest BCUT2D eigenvalue weighted by Gasteiger charge is -2.16. The molecule has 6 nitrogen and oxygen atoms in total. The first-order valence-electron chi connectivity index (χ1n) is 16.0. The van der Waals surface area contributed by atoms with Crippen molar-refractivity contribution in [3.63, 3.8) is 0 Å². The van der Waals surface area contributed by atoms with E-state index >= 15 is 0 Å². The third-order valence-electron chi connectivity index (χ3n) is 7.39. The Hall–Kier alpha value is -4.00. The molecular weight excluding hydrogens is 559 g/mol. The number of halogens is 1. The third kappa shape index (κ3) is 11.3. The minimum atomic E-state index is -0.811. The van der Waals surface area contributed by atoms with Crippen LogP contribution in [0.3, 0.4) is 0 Å². The van der Waals surface area contributed by atoms with Crippen LogP contribution in [-0.2, 0) is 9.53 Å². The van der Waals surface area contributed by atoms with Gasteiger partial charge in [-0.05, 0) is 66.8 Å². The zero-order valence-corrected chi connectivity index (χ0v) is 26.2.